The van der Waals surface area contributed by atoms with Crippen molar-refractivity contribution < 1.29 is 0 Å². The van der Waals surface area contributed by atoms with Crippen LogP contribution in [0.15, 0.2) is 18.2 Å². The summed E-state index contributed by atoms with van der Waals surface area (Å²) in [5.41, 5.74) is 4.71. The van der Waals surface area contributed by atoms with E-state index in [9.17, 15) is 0 Å². The van der Waals surface area contributed by atoms with Crippen molar-refractivity contribution >= 4 is 15.9 Å². The number of alkyl halides is 1. The van der Waals surface area contributed by atoms with Gasteiger partial charge in [0.2, 0.25) is 0 Å². The van der Waals surface area contributed by atoms with Gasteiger partial charge in [-0.05, 0) is 48.8 Å². The summed E-state index contributed by atoms with van der Waals surface area (Å²) in [6.07, 6.45) is 5.50. The van der Waals surface area contributed by atoms with Crippen LogP contribution in [0.2, 0.25) is 0 Å². The second kappa shape index (κ2) is 4.52. The quantitative estimate of drug-likeness (QED) is 0.643. The minimum atomic E-state index is 0.460. The number of benzene rings is 1. The molecular weight excluding hydrogens is 260 g/mol. The summed E-state index contributed by atoms with van der Waals surface area (Å²) in [4.78, 5) is 0.516. The summed E-state index contributed by atoms with van der Waals surface area (Å²) in [6.45, 7) is 6.81. The summed E-state index contributed by atoms with van der Waals surface area (Å²) in [7, 11) is 0. The van der Waals surface area contributed by atoms with Crippen LogP contribution in [0.1, 0.15) is 54.1 Å². The van der Waals surface area contributed by atoms with Crippen molar-refractivity contribution in [2.24, 2.45) is 5.41 Å². The average Bonchev–Trinajstić information content (AvgIpc) is 2.70. The Kier molecular flexibility index (Phi) is 3.44. The summed E-state index contributed by atoms with van der Waals surface area (Å²) >= 11 is 3.93. The highest BCUT2D eigenvalue weighted by Crippen LogP contribution is 2.51. The maximum Gasteiger partial charge on any atom is 0.0449 e. The van der Waals surface area contributed by atoms with Gasteiger partial charge in [0.15, 0.2) is 0 Å². The first-order chi connectivity index (χ1) is 7.53. The predicted molar refractivity (Wildman–Crippen MR) is 74.2 cm³/mol. The third-order valence-electron chi connectivity index (χ3n) is 4.18. The van der Waals surface area contributed by atoms with Gasteiger partial charge in [0.25, 0.3) is 0 Å². The Morgan fingerprint density at radius 3 is 2.31 bits per heavy atom. The van der Waals surface area contributed by atoms with Crippen LogP contribution in [0.25, 0.3) is 0 Å². The molecule has 1 unspecified atom stereocenters. The molecule has 0 bridgehead atoms. The van der Waals surface area contributed by atoms with E-state index in [4.69, 9.17) is 0 Å². The highest BCUT2D eigenvalue weighted by molar-refractivity contribution is 9.09. The van der Waals surface area contributed by atoms with Gasteiger partial charge in [0.05, 0.1) is 0 Å². The van der Waals surface area contributed by atoms with E-state index in [-0.39, 0.29) is 0 Å². The highest BCUT2D eigenvalue weighted by atomic mass is 79.9. The molecule has 1 heteroatoms. The van der Waals surface area contributed by atoms with Crippen molar-refractivity contribution in [3.63, 3.8) is 0 Å². The molecule has 1 aliphatic carbocycles. The van der Waals surface area contributed by atoms with E-state index in [0.29, 0.717) is 10.2 Å². The number of hydrogen-bond donors (Lipinski definition) is 0. The lowest BCUT2D eigenvalue weighted by Crippen LogP contribution is -2.17. The van der Waals surface area contributed by atoms with Crippen molar-refractivity contribution in [1.29, 1.82) is 0 Å². The van der Waals surface area contributed by atoms with Gasteiger partial charge < -0.3 is 0 Å². The first-order valence-corrected chi connectivity index (χ1v) is 7.16. The maximum atomic E-state index is 3.93. The van der Waals surface area contributed by atoms with E-state index in [1.165, 1.54) is 42.4 Å². The molecule has 0 N–H and O–H groups in total. The zero-order chi connectivity index (χ0) is 11.8. The minimum absolute atomic E-state index is 0.460. The molecule has 0 spiro atoms. The second-order valence-corrected chi connectivity index (χ2v) is 6.48. The van der Waals surface area contributed by atoms with Gasteiger partial charge in [-0.25, -0.2) is 0 Å². The summed E-state index contributed by atoms with van der Waals surface area (Å²) in [5, 5.41) is 0. The highest BCUT2D eigenvalue weighted by Gasteiger charge is 2.36. The first kappa shape index (κ1) is 12.2. The molecule has 0 heterocycles. The molecule has 0 amide bonds. The van der Waals surface area contributed by atoms with Crippen molar-refractivity contribution in [3.8, 4) is 0 Å². The number of halogens is 1. The molecule has 1 atom stereocenters. The van der Waals surface area contributed by atoms with Gasteiger partial charge in [0.1, 0.15) is 0 Å². The predicted octanol–water partition coefficient (Wildman–Crippen LogP) is 5.32. The van der Waals surface area contributed by atoms with Crippen molar-refractivity contribution in [3.05, 3.63) is 34.9 Å². The van der Waals surface area contributed by atoms with Gasteiger partial charge >= 0.3 is 0 Å². The van der Waals surface area contributed by atoms with E-state index in [1.807, 2.05) is 0 Å². The number of aryl methyl sites for hydroxylation is 2. The fraction of sp³-hybridized carbons (Fsp3) is 0.600. The van der Waals surface area contributed by atoms with Crippen molar-refractivity contribution in [2.75, 3.05) is 0 Å². The van der Waals surface area contributed by atoms with Gasteiger partial charge in [-0.15, -0.1) is 0 Å². The zero-order valence-corrected chi connectivity index (χ0v) is 12.1. The van der Waals surface area contributed by atoms with Gasteiger partial charge in [-0.3, -0.25) is 0 Å². The minimum Gasteiger partial charge on any atom is -0.0833 e. The molecule has 2 rings (SSSR count). The average molecular weight is 281 g/mol. The first-order valence-electron chi connectivity index (χ1n) is 6.24. The zero-order valence-electron chi connectivity index (χ0n) is 10.5. The lowest BCUT2D eigenvalue weighted by molar-refractivity contribution is 0.331. The molecule has 0 radical (unpaired) electrons. The molecule has 0 nitrogen and oxygen atoms in total. The molecule has 1 saturated carbocycles. The lowest BCUT2D eigenvalue weighted by Gasteiger charge is -2.30. The van der Waals surface area contributed by atoms with Crippen molar-refractivity contribution in [1.82, 2.24) is 0 Å². The van der Waals surface area contributed by atoms with Crippen LogP contribution in [0.3, 0.4) is 0 Å². The Balaban J connectivity index is 2.26. The van der Waals surface area contributed by atoms with Crippen LogP contribution in [0.4, 0.5) is 0 Å². The fourth-order valence-corrected chi connectivity index (χ4v) is 3.50. The summed E-state index contributed by atoms with van der Waals surface area (Å²) < 4.78 is 0. The smallest absolute Gasteiger partial charge is 0.0449 e. The Hall–Kier alpha value is -0.300. The van der Waals surface area contributed by atoms with Gasteiger partial charge in [-0.1, -0.05) is 53.9 Å². The van der Waals surface area contributed by atoms with Crippen LogP contribution in [-0.2, 0) is 0 Å². The molecule has 0 aliphatic heterocycles. The maximum absolute atomic E-state index is 3.93. The van der Waals surface area contributed by atoms with Crippen LogP contribution in [0.5, 0.6) is 0 Å². The fourth-order valence-electron chi connectivity index (χ4n) is 2.76. The molecule has 0 saturated heterocycles. The standard InChI is InChI=1S/C15H21Br/c1-11-6-7-13(10-12(11)2)14(16)15(3)8-4-5-9-15/h6-7,10,14H,4-5,8-9H2,1-3H3. The van der Waals surface area contributed by atoms with E-state index in [1.54, 1.807) is 0 Å². The van der Waals surface area contributed by atoms with E-state index >= 15 is 0 Å². The number of rotatable bonds is 2. The molecule has 16 heavy (non-hydrogen) atoms. The van der Waals surface area contributed by atoms with E-state index < -0.39 is 0 Å². The summed E-state index contributed by atoms with van der Waals surface area (Å²) in [6, 6.07) is 6.88. The number of hydrogen-bond acceptors (Lipinski definition) is 0. The van der Waals surface area contributed by atoms with Crippen LogP contribution < -0.4 is 0 Å². The lowest BCUT2D eigenvalue weighted by atomic mass is 9.81. The third kappa shape index (κ3) is 2.20. The van der Waals surface area contributed by atoms with Crippen LogP contribution >= 0.6 is 15.9 Å². The topological polar surface area (TPSA) is 0 Å². The van der Waals surface area contributed by atoms with E-state index in [0.717, 1.165) is 0 Å². The second-order valence-electron chi connectivity index (χ2n) is 5.57. The third-order valence-corrected chi connectivity index (χ3v) is 5.82. The molecule has 0 aromatic heterocycles. The molecule has 88 valence electrons. The Morgan fingerprint density at radius 1 is 1.12 bits per heavy atom. The normalized spacial score (nSPS) is 21.0. The van der Waals surface area contributed by atoms with Crippen LogP contribution in [-0.4, -0.2) is 0 Å². The Labute approximate surface area is 108 Å². The monoisotopic (exact) mass is 280 g/mol. The Morgan fingerprint density at radius 2 is 1.75 bits per heavy atom. The summed E-state index contributed by atoms with van der Waals surface area (Å²) in [5.74, 6) is 0. The van der Waals surface area contributed by atoms with Crippen LogP contribution in [0, 0.1) is 19.3 Å². The molecule has 1 fully saturated rings. The largest absolute Gasteiger partial charge is 0.0833 e. The van der Waals surface area contributed by atoms with E-state index in [2.05, 4.69) is 54.9 Å². The molecule has 1 aromatic rings. The van der Waals surface area contributed by atoms with Gasteiger partial charge in [0, 0.05) is 4.83 Å². The van der Waals surface area contributed by atoms with Crippen molar-refractivity contribution in [2.45, 2.75) is 51.3 Å². The Bertz CT molecular complexity index is 375. The van der Waals surface area contributed by atoms with Gasteiger partial charge in [-0.2, -0.15) is 0 Å². The SMILES string of the molecule is Cc1ccc(C(Br)C2(C)CCCC2)cc1C. The molecule has 1 aromatic carbocycles. The molecular formula is C15H21Br. The molecule has 1 aliphatic rings.